The summed E-state index contributed by atoms with van der Waals surface area (Å²) in [7, 11) is 0. The van der Waals surface area contributed by atoms with Crippen LogP contribution >= 0.6 is 0 Å². The lowest BCUT2D eigenvalue weighted by Crippen LogP contribution is -2.51. The van der Waals surface area contributed by atoms with Crippen LogP contribution in [0, 0.1) is 5.92 Å². The van der Waals surface area contributed by atoms with Crippen molar-refractivity contribution < 1.29 is 9.90 Å². The third-order valence-corrected chi connectivity index (χ3v) is 5.03. The average Bonchev–Trinajstić information content (AvgIpc) is 2.60. The van der Waals surface area contributed by atoms with E-state index in [1.807, 2.05) is 32.0 Å². The van der Waals surface area contributed by atoms with Gasteiger partial charge in [-0.05, 0) is 25.0 Å². The minimum Gasteiger partial charge on any atom is -0.388 e. The number of pyridine rings is 1. The monoisotopic (exact) mass is 334 g/mol. The predicted molar refractivity (Wildman–Crippen MR) is 96.0 cm³/mol. The number of carbonyl (C=O) groups excluding carboxylic acids is 1. The van der Waals surface area contributed by atoms with Crippen LogP contribution in [0.2, 0.25) is 0 Å². The summed E-state index contributed by atoms with van der Waals surface area (Å²) in [6, 6.07) is 5.92. The summed E-state index contributed by atoms with van der Waals surface area (Å²) >= 11 is 0. The highest BCUT2D eigenvalue weighted by Crippen LogP contribution is 2.18. The first-order valence-corrected chi connectivity index (χ1v) is 8.79. The van der Waals surface area contributed by atoms with Crippen LogP contribution < -0.4 is 10.2 Å². The third kappa shape index (κ3) is 5.18. The van der Waals surface area contributed by atoms with Crippen LogP contribution in [-0.4, -0.2) is 65.8 Å². The van der Waals surface area contributed by atoms with E-state index in [-0.39, 0.29) is 11.8 Å². The van der Waals surface area contributed by atoms with E-state index >= 15 is 0 Å². The summed E-state index contributed by atoms with van der Waals surface area (Å²) in [5.74, 6) is 1.12. The van der Waals surface area contributed by atoms with E-state index in [4.69, 9.17) is 0 Å². The fourth-order valence-electron chi connectivity index (χ4n) is 2.83. The van der Waals surface area contributed by atoms with Crippen LogP contribution in [-0.2, 0) is 4.79 Å². The Hall–Kier alpha value is -1.66. The molecule has 1 saturated heterocycles. The Morgan fingerprint density at radius 3 is 2.67 bits per heavy atom. The molecular weight excluding hydrogens is 304 g/mol. The molecule has 0 bridgehead atoms. The molecule has 2 heterocycles. The Morgan fingerprint density at radius 1 is 1.38 bits per heavy atom. The fourth-order valence-corrected chi connectivity index (χ4v) is 2.83. The van der Waals surface area contributed by atoms with Gasteiger partial charge in [0.2, 0.25) is 5.91 Å². The molecule has 1 aliphatic heterocycles. The van der Waals surface area contributed by atoms with E-state index in [1.54, 1.807) is 13.1 Å². The van der Waals surface area contributed by atoms with Gasteiger partial charge >= 0.3 is 0 Å². The number of carbonyl (C=O) groups is 1. The number of piperazine rings is 1. The smallest absolute Gasteiger partial charge is 0.234 e. The van der Waals surface area contributed by atoms with E-state index in [2.05, 4.69) is 20.1 Å². The van der Waals surface area contributed by atoms with Crippen LogP contribution in [0.1, 0.15) is 27.2 Å². The topological polar surface area (TPSA) is 68.7 Å². The molecule has 0 saturated carbocycles. The van der Waals surface area contributed by atoms with Gasteiger partial charge in [0.25, 0.3) is 0 Å². The van der Waals surface area contributed by atoms with Crippen molar-refractivity contribution in [2.24, 2.45) is 5.92 Å². The van der Waals surface area contributed by atoms with Gasteiger partial charge in [0.15, 0.2) is 0 Å². The van der Waals surface area contributed by atoms with Crippen molar-refractivity contribution in [2.75, 3.05) is 44.2 Å². The maximum Gasteiger partial charge on any atom is 0.234 e. The molecule has 0 spiro atoms. The predicted octanol–water partition coefficient (Wildman–Crippen LogP) is 1.12. The van der Waals surface area contributed by atoms with Crippen LogP contribution in [0.25, 0.3) is 0 Å². The first-order chi connectivity index (χ1) is 11.4. The number of hydrogen-bond donors (Lipinski definition) is 2. The number of aliphatic hydroxyl groups is 1. The lowest BCUT2D eigenvalue weighted by molar-refractivity contribution is -0.124. The molecule has 134 valence electrons. The maximum atomic E-state index is 12.1. The van der Waals surface area contributed by atoms with Gasteiger partial charge < -0.3 is 15.3 Å². The molecule has 0 aromatic carbocycles. The molecule has 0 aliphatic carbocycles. The minimum absolute atomic E-state index is 0.0233. The summed E-state index contributed by atoms with van der Waals surface area (Å²) in [5, 5.41) is 13.2. The molecule has 1 amide bonds. The van der Waals surface area contributed by atoms with Gasteiger partial charge in [0.1, 0.15) is 5.82 Å². The Balaban J connectivity index is 1.73. The Bertz CT molecular complexity index is 513. The molecule has 1 aromatic rings. The van der Waals surface area contributed by atoms with Crippen molar-refractivity contribution >= 4 is 11.7 Å². The minimum atomic E-state index is -0.859. The van der Waals surface area contributed by atoms with E-state index < -0.39 is 5.60 Å². The zero-order valence-electron chi connectivity index (χ0n) is 15.0. The molecule has 2 atom stereocenters. The van der Waals surface area contributed by atoms with Crippen LogP contribution in [0.5, 0.6) is 0 Å². The standard InChI is InChI=1S/C18H30N4O2/c1-4-15(2)18(3,24)14-20-17(23)13-21-9-11-22(12-10-21)16-7-5-6-8-19-16/h5-8,15,24H,4,9-14H2,1-3H3,(H,20,23). The van der Waals surface area contributed by atoms with Gasteiger partial charge in [-0.2, -0.15) is 0 Å². The molecule has 6 heteroatoms. The van der Waals surface area contributed by atoms with Crippen LogP contribution in [0.4, 0.5) is 5.82 Å². The quantitative estimate of drug-likeness (QED) is 0.782. The molecular formula is C18H30N4O2. The Kier molecular flexibility index (Phi) is 6.57. The Morgan fingerprint density at radius 2 is 2.08 bits per heavy atom. The van der Waals surface area contributed by atoms with Gasteiger partial charge in [-0.15, -0.1) is 0 Å². The zero-order valence-corrected chi connectivity index (χ0v) is 15.0. The van der Waals surface area contributed by atoms with Gasteiger partial charge in [-0.1, -0.05) is 26.3 Å². The largest absolute Gasteiger partial charge is 0.388 e. The summed E-state index contributed by atoms with van der Waals surface area (Å²) in [5.41, 5.74) is -0.859. The number of rotatable bonds is 7. The maximum absolute atomic E-state index is 12.1. The molecule has 6 nitrogen and oxygen atoms in total. The SMILES string of the molecule is CCC(C)C(C)(O)CNC(=O)CN1CCN(c2ccccn2)CC1. The van der Waals surface area contributed by atoms with E-state index in [9.17, 15) is 9.90 Å². The number of anilines is 1. The van der Waals surface area contributed by atoms with E-state index in [0.717, 1.165) is 38.4 Å². The molecule has 1 fully saturated rings. The van der Waals surface area contributed by atoms with Crippen molar-refractivity contribution in [3.8, 4) is 0 Å². The normalized spacial score (nSPS) is 19.6. The van der Waals surface area contributed by atoms with Crippen molar-refractivity contribution in [3.05, 3.63) is 24.4 Å². The van der Waals surface area contributed by atoms with Gasteiger partial charge in [0, 0.05) is 38.9 Å². The number of hydrogen-bond acceptors (Lipinski definition) is 5. The summed E-state index contributed by atoms with van der Waals surface area (Å²) in [6.07, 6.45) is 2.69. The van der Waals surface area contributed by atoms with Crippen molar-refractivity contribution in [2.45, 2.75) is 32.8 Å². The van der Waals surface area contributed by atoms with E-state index in [1.165, 1.54) is 0 Å². The molecule has 1 aliphatic rings. The second kappa shape index (κ2) is 8.44. The van der Waals surface area contributed by atoms with Crippen LogP contribution in [0.3, 0.4) is 0 Å². The zero-order chi connectivity index (χ0) is 17.6. The third-order valence-electron chi connectivity index (χ3n) is 5.03. The number of nitrogens with one attached hydrogen (secondary N) is 1. The van der Waals surface area contributed by atoms with Gasteiger partial charge in [-0.3, -0.25) is 9.69 Å². The number of aromatic nitrogens is 1. The Labute approximate surface area is 144 Å². The molecule has 2 N–H and O–H groups in total. The van der Waals surface area contributed by atoms with Crippen molar-refractivity contribution in [3.63, 3.8) is 0 Å². The molecule has 1 aromatic heterocycles. The van der Waals surface area contributed by atoms with Crippen LogP contribution in [0.15, 0.2) is 24.4 Å². The lowest BCUT2D eigenvalue weighted by atomic mass is 9.89. The summed E-state index contributed by atoms with van der Waals surface area (Å²) < 4.78 is 0. The summed E-state index contributed by atoms with van der Waals surface area (Å²) in [4.78, 5) is 20.9. The first kappa shape index (κ1) is 18.7. The second-order valence-corrected chi connectivity index (χ2v) is 6.89. The first-order valence-electron chi connectivity index (χ1n) is 8.79. The van der Waals surface area contributed by atoms with E-state index in [0.29, 0.717) is 13.1 Å². The second-order valence-electron chi connectivity index (χ2n) is 6.89. The highest BCUT2D eigenvalue weighted by Gasteiger charge is 2.28. The van der Waals surface area contributed by atoms with Gasteiger partial charge in [-0.25, -0.2) is 4.98 Å². The lowest BCUT2D eigenvalue weighted by Gasteiger charge is -2.35. The molecule has 2 rings (SSSR count). The molecule has 24 heavy (non-hydrogen) atoms. The number of amides is 1. The highest BCUT2D eigenvalue weighted by atomic mass is 16.3. The highest BCUT2D eigenvalue weighted by molar-refractivity contribution is 5.78. The van der Waals surface area contributed by atoms with Gasteiger partial charge in [0.05, 0.1) is 12.1 Å². The fraction of sp³-hybridized carbons (Fsp3) is 0.667. The average molecular weight is 334 g/mol. The molecule has 0 radical (unpaired) electrons. The van der Waals surface area contributed by atoms with Crippen molar-refractivity contribution in [1.82, 2.24) is 15.2 Å². The summed E-state index contributed by atoms with van der Waals surface area (Å²) in [6.45, 7) is 9.93. The van der Waals surface area contributed by atoms with Crippen molar-refractivity contribution in [1.29, 1.82) is 0 Å². The molecule has 2 unspecified atom stereocenters. The number of nitrogens with zero attached hydrogens (tertiary/aromatic N) is 3.